The number of aromatic nitrogens is 1. The van der Waals surface area contributed by atoms with Gasteiger partial charge in [-0.05, 0) is 47.7 Å². The number of likely N-dealkylation sites (N-methyl/N-ethyl adjacent to an activating group) is 1. The lowest BCUT2D eigenvalue weighted by atomic mass is 10.0. The highest BCUT2D eigenvalue weighted by atomic mass is 32.1. The van der Waals surface area contributed by atoms with Crippen LogP contribution in [0.5, 0.6) is 5.75 Å². The van der Waals surface area contributed by atoms with Gasteiger partial charge in [0, 0.05) is 37.1 Å². The Balaban J connectivity index is 1.53. The van der Waals surface area contributed by atoms with Crippen molar-refractivity contribution in [3.8, 4) is 5.75 Å². The minimum absolute atomic E-state index is 0.140. The van der Waals surface area contributed by atoms with Gasteiger partial charge in [-0.15, -0.1) is 11.3 Å². The van der Waals surface area contributed by atoms with Gasteiger partial charge in [-0.2, -0.15) is 0 Å². The van der Waals surface area contributed by atoms with Crippen molar-refractivity contribution in [1.29, 1.82) is 0 Å². The van der Waals surface area contributed by atoms with Crippen LogP contribution in [-0.2, 0) is 17.8 Å². The third kappa shape index (κ3) is 5.43. The largest absolute Gasteiger partial charge is 0.494 e. The Labute approximate surface area is 197 Å². The molecule has 1 atom stereocenters. The van der Waals surface area contributed by atoms with Crippen LogP contribution in [0.3, 0.4) is 0 Å². The second-order valence-electron chi connectivity index (χ2n) is 7.84. The first-order valence-corrected chi connectivity index (χ1v) is 11.8. The smallest absolute Gasteiger partial charge is 0.262 e. The summed E-state index contributed by atoms with van der Waals surface area (Å²) in [5.74, 6) is 0.424. The van der Waals surface area contributed by atoms with Crippen LogP contribution in [0, 0.1) is 0 Å². The first kappa shape index (κ1) is 22.6. The zero-order valence-electron chi connectivity index (χ0n) is 18.7. The number of nitrogens with zero attached hydrogens (tertiary/aromatic N) is 1. The molecule has 2 heterocycles. The van der Waals surface area contributed by atoms with Crippen LogP contribution < -0.4 is 10.1 Å². The number of carbonyl (C=O) groups excluding carboxylic acids is 2. The number of para-hydroxylation sites is 1. The van der Waals surface area contributed by atoms with Crippen LogP contribution in [0.1, 0.15) is 27.7 Å². The molecule has 4 rings (SSSR count). The molecule has 0 fully saturated rings. The van der Waals surface area contributed by atoms with Crippen LogP contribution in [-0.4, -0.2) is 41.4 Å². The summed E-state index contributed by atoms with van der Waals surface area (Å²) in [6, 6.07) is 18.6. The molecule has 0 spiro atoms. The second kappa shape index (κ2) is 10.4. The predicted molar refractivity (Wildman–Crippen MR) is 132 cm³/mol. The number of aromatic amines is 1. The quantitative estimate of drug-likeness (QED) is 0.382. The average Bonchev–Trinajstić information content (AvgIpc) is 3.50. The number of thiophene rings is 1. The van der Waals surface area contributed by atoms with Crippen LogP contribution in [0.15, 0.2) is 72.2 Å². The monoisotopic (exact) mass is 461 g/mol. The lowest BCUT2D eigenvalue weighted by molar-refractivity contribution is -0.132. The zero-order chi connectivity index (χ0) is 23.2. The summed E-state index contributed by atoms with van der Waals surface area (Å²) in [5, 5.41) is 5.86. The van der Waals surface area contributed by atoms with Gasteiger partial charge in [0.2, 0.25) is 5.91 Å². The van der Waals surface area contributed by atoms with E-state index in [0.29, 0.717) is 24.4 Å². The van der Waals surface area contributed by atoms with E-state index in [9.17, 15) is 9.59 Å². The van der Waals surface area contributed by atoms with Crippen LogP contribution in [0.4, 0.5) is 0 Å². The van der Waals surface area contributed by atoms with Gasteiger partial charge in [-0.3, -0.25) is 9.59 Å². The SMILES string of the molecule is CCOc1ccc(CN(C)C(=O)[C@H](Cc2c[nH]c3ccccc23)NC(=O)c2cccs2)cc1. The van der Waals surface area contributed by atoms with E-state index in [4.69, 9.17) is 4.74 Å². The van der Waals surface area contributed by atoms with Crippen molar-refractivity contribution in [3.05, 3.63) is 88.2 Å². The highest BCUT2D eigenvalue weighted by Crippen LogP contribution is 2.21. The van der Waals surface area contributed by atoms with Gasteiger partial charge in [0.1, 0.15) is 11.8 Å². The van der Waals surface area contributed by atoms with Gasteiger partial charge >= 0.3 is 0 Å². The Morgan fingerprint density at radius 3 is 2.61 bits per heavy atom. The van der Waals surface area contributed by atoms with Crippen LogP contribution in [0.2, 0.25) is 0 Å². The summed E-state index contributed by atoms with van der Waals surface area (Å²) in [5.41, 5.74) is 2.99. The molecule has 0 unspecified atom stereocenters. The van der Waals surface area contributed by atoms with E-state index in [0.717, 1.165) is 27.8 Å². The molecule has 6 nitrogen and oxygen atoms in total. The predicted octanol–water partition coefficient (Wildman–Crippen LogP) is 4.63. The van der Waals surface area contributed by atoms with E-state index in [1.807, 2.05) is 73.1 Å². The van der Waals surface area contributed by atoms with E-state index in [-0.39, 0.29) is 11.8 Å². The minimum atomic E-state index is -0.688. The standard InChI is InChI=1S/C26H27N3O3S/c1-3-32-20-12-10-18(11-13-20)17-29(2)26(31)23(28-25(30)24-9-6-14-33-24)15-19-16-27-22-8-5-4-7-21(19)22/h4-14,16,23,27H,3,15,17H2,1-2H3,(H,28,30)/t23-/m0/s1. The van der Waals surface area contributed by atoms with E-state index in [2.05, 4.69) is 10.3 Å². The van der Waals surface area contributed by atoms with Gasteiger partial charge in [0.15, 0.2) is 0 Å². The molecule has 0 saturated heterocycles. The maximum absolute atomic E-state index is 13.5. The first-order chi connectivity index (χ1) is 16.0. The molecular formula is C26H27N3O3S. The number of hydrogen-bond donors (Lipinski definition) is 2. The Morgan fingerprint density at radius 1 is 1.09 bits per heavy atom. The normalized spacial score (nSPS) is 11.8. The van der Waals surface area contributed by atoms with E-state index >= 15 is 0 Å². The van der Waals surface area contributed by atoms with Gasteiger partial charge in [-0.25, -0.2) is 0 Å². The summed E-state index contributed by atoms with van der Waals surface area (Å²) in [4.78, 5) is 31.8. The molecule has 0 bridgehead atoms. The summed E-state index contributed by atoms with van der Waals surface area (Å²) in [6.07, 6.45) is 2.31. The molecule has 0 radical (unpaired) electrons. The lowest BCUT2D eigenvalue weighted by Gasteiger charge is -2.25. The molecule has 0 aliphatic heterocycles. The summed E-state index contributed by atoms with van der Waals surface area (Å²) in [7, 11) is 1.76. The molecule has 33 heavy (non-hydrogen) atoms. The van der Waals surface area contributed by atoms with Crippen molar-refractivity contribution >= 4 is 34.1 Å². The molecule has 0 aliphatic rings. The van der Waals surface area contributed by atoms with E-state index in [1.165, 1.54) is 11.3 Å². The molecule has 170 valence electrons. The number of ether oxygens (including phenoxy) is 1. The van der Waals surface area contributed by atoms with Gasteiger partial charge < -0.3 is 19.9 Å². The fourth-order valence-electron chi connectivity index (χ4n) is 3.83. The number of benzene rings is 2. The van der Waals surface area contributed by atoms with Crippen molar-refractivity contribution in [2.75, 3.05) is 13.7 Å². The summed E-state index contributed by atoms with van der Waals surface area (Å²) < 4.78 is 5.49. The topological polar surface area (TPSA) is 74.4 Å². The zero-order valence-corrected chi connectivity index (χ0v) is 19.5. The third-order valence-electron chi connectivity index (χ3n) is 5.48. The summed E-state index contributed by atoms with van der Waals surface area (Å²) in [6.45, 7) is 2.99. The number of amides is 2. The Hall–Kier alpha value is -3.58. The van der Waals surface area contributed by atoms with Crippen LogP contribution >= 0.6 is 11.3 Å². The Morgan fingerprint density at radius 2 is 1.88 bits per heavy atom. The van der Waals surface area contributed by atoms with Crippen molar-refractivity contribution in [1.82, 2.24) is 15.2 Å². The van der Waals surface area contributed by atoms with Crippen molar-refractivity contribution in [3.63, 3.8) is 0 Å². The maximum atomic E-state index is 13.5. The van der Waals surface area contributed by atoms with Crippen molar-refractivity contribution < 1.29 is 14.3 Å². The molecule has 2 amide bonds. The van der Waals surface area contributed by atoms with E-state index in [1.54, 1.807) is 18.0 Å². The molecule has 2 N–H and O–H groups in total. The molecule has 0 aliphatic carbocycles. The number of rotatable bonds is 9. The van der Waals surface area contributed by atoms with Crippen molar-refractivity contribution in [2.45, 2.75) is 25.9 Å². The van der Waals surface area contributed by atoms with Gasteiger partial charge in [-0.1, -0.05) is 36.4 Å². The number of carbonyl (C=O) groups is 2. The van der Waals surface area contributed by atoms with Gasteiger partial charge in [0.25, 0.3) is 5.91 Å². The Bertz CT molecular complexity index is 1220. The first-order valence-electron chi connectivity index (χ1n) is 10.9. The lowest BCUT2D eigenvalue weighted by Crippen LogP contribution is -2.48. The number of hydrogen-bond acceptors (Lipinski definition) is 4. The molecular weight excluding hydrogens is 434 g/mol. The third-order valence-corrected chi connectivity index (χ3v) is 6.35. The average molecular weight is 462 g/mol. The minimum Gasteiger partial charge on any atom is -0.494 e. The molecule has 4 aromatic rings. The Kier molecular flexibility index (Phi) is 7.10. The number of H-pyrrole nitrogens is 1. The van der Waals surface area contributed by atoms with Crippen molar-refractivity contribution in [2.24, 2.45) is 0 Å². The second-order valence-corrected chi connectivity index (χ2v) is 8.79. The molecule has 7 heteroatoms. The molecule has 2 aromatic carbocycles. The van der Waals surface area contributed by atoms with Crippen LogP contribution in [0.25, 0.3) is 10.9 Å². The number of nitrogens with one attached hydrogen (secondary N) is 2. The fourth-order valence-corrected chi connectivity index (χ4v) is 4.46. The highest BCUT2D eigenvalue weighted by Gasteiger charge is 2.26. The fraction of sp³-hybridized carbons (Fsp3) is 0.231. The van der Waals surface area contributed by atoms with Gasteiger partial charge in [0.05, 0.1) is 11.5 Å². The maximum Gasteiger partial charge on any atom is 0.262 e. The number of fused-ring (bicyclic) bond motifs is 1. The van der Waals surface area contributed by atoms with E-state index < -0.39 is 6.04 Å². The molecule has 0 saturated carbocycles. The summed E-state index contributed by atoms with van der Waals surface area (Å²) >= 11 is 1.36. The highest BCUT2D eigenvalue weighted by molar-refractivity contribution is 7.12. The molecule has 2 aromatic heterocycles.